The van der Waals surface area contributed by atoms with Gasteiger partial charge in [0.15, 0.2) is 0 Å². The summed E-state index contributed by atoms with van der Waals surface area (Å²) in [6, 6.07) is 6.77. The highest BCUT2D eigenvalue weighted by Crippen LogP contribution is 2.12. The summed E-state index contributed by atoms with van der Waals surface area (Å²) in [6.45, 7) is 5.63. The number of hydrogen-bond donors (Lipinski definition) is 1. The van der Waals surface area contributed by atoms with Crippen LogP contribution in [0.25, 0.3) is 0 Å². The van der Waals surface area contributed by atoms with Gasteiger partial charge in [-0.3, -0.25) is 10.1 Å². The average Bonchev–Trinajstić information content (AvgIpc) is 2.55. The lowest BCUT2D eigenvalue weighted by atomic mass is 10.1. The molecule has 1 heterocycles. The van der Waals surface area contributed by atoms with Gasteiger partial charge in [-0.15, -0.1) is 0 Å². The lowest BCUT2D eigenvalue weighted by molar-refractivity contribution is -0.384. The lowest BCUT2D eigenvalue weighted by Gasteiger charge is -2.26. The number of rotatable bonds is 9. The first kappa shape index (κ1) is 16.9. The van der Waals surface area contributed by atoms with Crippen LogP contribution in [0.3, 0.4) is 0 Å². The Labute approximate surface area is 132 Å². The molecule has 1 N–H and O–H groups in total. The zero-order chi connectivity index (χ0) is 15.6. The van der Waals surface area contributed by atoms with Crippen LogP contribution in [0.5, 0.6) is 0 Å². The minimum Gasteiger partial charge on any atom is -0.313 e. The highest BCUT2D eigenvalue weighted by Gasteiger charge is 2.08. The van der Waals surface area contributed by atoms with Gasteiger partial charge >= 0.3 is 0 Å². The summed E-state index contributed by atoms with van der Waals surface area (Å²) in [7, 11) is 0. The van der Waals surface area contributed by atoms with Crippen molar-refractivity contribution in [2.45, 2.75) is 45.1 Å². The van der Waals surface area contributed by atoms with Crippen LogP contribution < -0.4 is 5.32 Å². The molecule has 0 atom stereocenters. The molecule has 0 radical (unpaired) electrons. The van der Waals surface area contributed by atoms with Gasteiger partial charge in [0.2, 0.25) is 0 Å². The lowest BCUT2D eigenvalue weighted by Crippen LogP contribution is -2.30. The van der Waals surface area contributed by atoms with E-state index >= 15 is 0 Å². The van der Waals surface area contributed by atoms with Crippen molar-refractivity contribution in [1.82, 2.24) is 10.2 Å². The van der Waals surface area contributed by atoms with Crippen molar-refractivity contribution in [2.75, 3.05) is 26.2 Å². The molecule has 0 aliphatic carbocycles. The zero-order valence-electron chi connectivity index (χ0n) is 13.3. The third-order valence-electron chi connectivity index (χ3n) is 4.25. The summed E-state index contributed by atoms with van der Waals surface area (Å²) >= 11 is 0. The number of hydrogen-bond acceptors (Lipinski definition) is 4. The molecule has 0 aromatic heterocycles. The van der Waals surface area contributed by atoms with E-state index in [1.165, 1.54) is 58.2 Å². The Bertz CT molecular complexity index is 442. The normalized spacial score (nSPS) is 15.8. The van der Waals surface area contributed by atoms with Crippen molar-refractivity contribution in [3.63, 3.8) is 0 Å². The number of nitro benzene ring substituents is 1. The molecule has 0 spiro atoms. The Morgan fingerprint density at radius 3 is 2.45 bits per heavy atom. The van der Waals surface area contributed by atoms with Crippen molar-refractivity contribution < 1.29 is 4.92 Å². The molecule has 122 valence electrons. The van der Waals surface area contributed by atoms with E-state index in [4.69, 9.17) is 0 Å². The van der Waals surface area contributed by atoms with Gasteiger partial charge in [0.25, 0.3) is 5.69 Å². The highest BCUT2D eigenvalue weighted by molar-refractivity contribution is 5.32. The smallest absolute Gasteiger partial charge is 0.269 e. The Morgan fingerprint density at radius 2 is 1.77 bits per heavy atom. The molecule has 0 saturated carbocycles. The average molecular weight is 305 g/mol. The second kappa shape index (κ2) is 9.54. The standard InChI is InChI=1S/C17H27N3O2/c21-20(22)17-9-7-16(8-10-17)15-18-11-3-1-4-12-19-13-5-2-6-14-19/h7-10,18H,1-6,11-15H2. The molecule has 1 aliphatic heterocycles. The molecule has 1 aliphatic rings. The van der Waals surface area contributed by atoms with Crippen LogP contribution in [-0.2, 0) is 6.54 Å². The topological polar surface area (TPSA) is 58.4 Å². The molecular formula is C17H27N3O2. The number of nitro groups is 1. The molecule has 5 nitrogen and oxygen atoms in total. The Kier molecular flexibility index (Phi) is 7.33. The van der Waals surface area contributed by atoms with Gasteiger partial charge < -0.3 is 10.2 Å². The van der Waals surface area contributed by atoms with Crippen LogP contribution in [-0.4, -0.2) is 36.0 Å². The van der Waals surface area contributed by atoms with E-state index in [0.29, 0.717) is 0 Å². The summed E-state index contributed by atoms with van der Waals surface area (Å²) in [5.41, 5.74) is 1.25. The largest absolute Gasteiger partial charge is 0.313 e. The quantitative estimate of drug-likeness (QED) is 0.432. The summed E-state index contributed by atoms with van der Waals surface area (Å²) in [4.78, 5) is 12.8. The number of nitrogens with zero attached hydrogens (tertiary/aromatic N) is 2. The van der Waals surface area contributed by atoms with Crippen molar-refractivity contribution in [2.24, 2.45) is 0 Å². The van der Waals surface area contributed by atoms with Crippen molar-refractivity contribution >= 4 is 5.69 Å². The summed E-state index contributed by atoms with van der Waals surface area (Å²) in [5, 5.41) is 14.0. The van der Waals surface area contributed by atoms with Crippen LogP contribution in [0.15, 0.2) is 24.3 Å². The second-order valence-electron chi connectivity index (χ2n) is 6.06. The second-order valence-corrected chi connectivity index (χ2v) is 6.06. The maximum Gasteiger partial charge on any atom is 0.269 e. The van der Waals surface area contributed by atoms with Gasteiger partial charge in [0.05, 0.1) is 4.92 Å². The van der Waals surface area contributed by atoms with E-state index in [1.807, 2.05) is 12.1 Å². The minimum atomic E-state index is -0.362. The number of piperidine rings is 1. The molecule has 0 unspecified atom stereocenters. The van der Waals surface area contributed by atoms with Gasteiger partial charge in [-0.25, -0.2) is 0 Å². The van der Waals surface area contributed by atoms with Gasteiger partial charge in [-0.2, -0.15) is 0 Å². The fraction of sp³-hybridized carbons (Fsp3) is 0.647. The monoisotopic (exact) mass is 305 g/mol. The third-order valence-corrected chi connectivity index (χ3v) is 4.25. The summed E-state index contributed by atoms with van der Waals surface area (Å²) < 4.78 is 0. The maximum atomic E-state index is 10.6. The van der Waals surface area contributed by atoms with Crippen LogP contribution in [0.2, 0.25) is 0 Å². The summed E-state index contributed by atoms with van der Waals surface area (Å²) in [6.07, 6.45) is 7.90. The minimum absolute atomic E-state index is 0.154. The first-order valence-corrected chi connectivity index (χ1v) is 8.42. The fourth-order valence-corrected chi connectivity index (χ4v) is 2.91. The number of non-ortho nitro benzene ring substituents is 1. The van der Waals surface area contributed by atoms with E-state index in [-0.39, 0.29) is 10.6 Å². The predicted octanol–water partition coefficient (Wildman–Crippen LogP) is 3.34. The maximum absolute atomic E-state index is 10.6. The van der Waals surface area contributed by atoms with E-state index in [1.54, 1.807) is 12.1 Å². The molecule has 1 aromatic carbocycles. The van der Waals surface area contributed by atoms with E-state index in [2.05, 4.69) is 10.2 Å². The van der Waals surface area contributed by atoms with Crippen LogP contribution >= 0.6 is 0 Å². The van der Waals surface area contributed by atoms with Crippen molar-refractivity contribution in [3.05, 3.63) is 39.9 Å². The van der Waals surface area contributed by atoms with Gasteiger partial charge in [-0.05, 0) is 57.4 Å². The third kappa shape index (κ3) is 6.12. The van der Waals surface area contributed by atoms with Gasteiger partial charge in [0, 0.05) is 18.7 Å². The number of unbranched alkanes of at least 4 members (excludes halogenated alkanes) is 2. The molecule has 5 heteroatoms. The van der Waals surface area contributed by atoms with Gasteiger partial charge in [0.1, 0.15) is 0 Å². The Hall–Kier alpha value is -1.46. The molecule has 22 heavy (non-hydrogen) atoms. The van der Waals surface area contributed by atoms with E-state index in [9.17, 15) is 10.1 Å². The SMILES string of the molecule is O=[N+]([O-])c1ccc(CNCCCCCN2CCCCC2)cc1. The number of benzene rings is 1. The molecule has 0 bridgehead atoms. The predicted molar refractivity (Wildman–Crippen MR) is 88.9 cm³/mol. The van der Waals surface area contributed by atoms with E-state index in [0.717, 1.165) is 18.7 Å². The number of likely N-dealkylation sites (tertiary alicyclic amines) is 1. The molecule has 2 rings (SSSR count). The fourth-order valence-electron chi connectivity index (χ4n) is 2.91. The van der Waals surface area contributed by atoms with E-state index < -0.39 is 0 Å². The molecule has 1 saturated heterocycles. The highest BCUT2D eigenvalue weighted by atomic mass is 16.6. The molecular weight excluding hydrogens is 278 g/mol. The van der Waals surface area contributed by atoms with Crippen molar-refractivity contribution in [3.8, 4) is 0 Å². The molecule has 1 fully saturated rings. The Morgan fingerprint density at radius 1 is 1.05 bits per heavy atom. The number of nitrogens with one attached hydrogen (secondary N) is 1. The first-order valence-electron chi connectivity index (χ1n) is 8.42. The van der Waals surface area contributed by atoms with Crippen LogP contribution in [0.4, 0.5) is 5.69 Å². The van der Waals surface area contributed by atoms with Crippen molar-refractivity contribution in [1.29, 1.82) is 0 Å². The summed E-state index contributed by atoms with van der Waals surface area (Å²) in [5.74, 6) is 0. The van der Waals surface area contributed by atoms with Crippen LogP contribution in [0.1, 0.15) is 44.1 Å². The Balaban J connectivity index is 1.49. The first-order chi connectivity index (χ1) is 10.8. The zero-order valence-corrected chi connectivity index (χ0v) is 13.3. The molecule has 1 aromatic rings. The van der Waals surface area contributed by atoms with Crippen LogP contribution in [0, 0.1) is 10.1 Å². The van der Waals surface area contributed by atoms with Gasteiger partial charge in [-0.1, -0.05) is 25.0 Å². The molecule has 0 amide bonds.